The number of nitrogens with zero attached hydrogens (tertiary/aromatic N) is 1. The zero-order chi connectivity index (χ0) is 18.3. The molecule has 0 bridgehead atoms. The second kappa shape index (κ2) is 37.8. The van der Waals surface area contributed by atoms with Gasteiger partial charge in [-0.3, -0.25) is 0 Å². The predicted molar refractivity (Wildman–Crippen MR) is 124 cm³/mol. The van der Waals surface area contributed by atoms with Crippen LogP contribution in [-0.4, -0.2) is 50.9 Å². The first-order chi connectivity index (χ1) is 10.8. The normalized spacial score (nSPS) is 23.5. The van der Waals surface area contributed by atoms with Gasteiger partial charge in [-0.25, -0.2) is 0 Å². The molecule has 0 aromatic carbocycles. The minimum Gasteiger partial charge on any atom is -0.676 e. The Morgan fingerprint density at radius 1 is 0.793 bits per heavy atom. The Kier molecular flexibility index (Phi) is 69.1. The first kappa shape index (κ1) is 53.1. The second-order valence-corrected chi connectivity index (χ2v) is 21.9. The maximum Gasteiger partial charge on any atom is 2.00 e. The Balaban J connectivity index is -0.0000000336. The molecule has 2 saturated carbocycles. The second-order valence-electron chi connectivity index (χ2n) is 5.28. The van der Waals surface area contributed by atoms with Gasteiger partial charge in [0.05, 0.1) is 0 Å². The maximum atomic E-state index is 8.36. The number of hydrogen-bond acceptors (Lipinski definition) is 2. The Morgan fingerprint density at radius 2 is 0.897 bits per heavy atom. The van der Waals surface area contributed by atoms with E-state index in [1.54, 1.807) is 0 Å². The molecule has 16 heteroatoms. The Morgan fingerprint density at radius 3 is 0.966 bits per heavy atom. The monoisotopic (exact) mass is 1110 g/mol. The number of hydrogen-bond donors (Lipinski definition) is 1. The van der Waals surface area contributed by atoms with E-state index < -0.39 is 5.09 Å². The molecular formula is C13H35AgI2N5O6Pt2. The molecule has 0 spiro atoms. The summed E-state index contributed by atoms with van der Waals surface area (Å²) in [6.07, 6.45) is 8.49. The SMILES string of the molecule is C.O.O.O.O=[N+]([O-])O.[Ag].[I][Pt+2][I].[NH-][C@@H]1CCCC[C@H]1[NH-].[NH-][C@@H]1CCCC[C@H]1[NH-].[Pt+2]. The van der Waals surface area contributed by atoms with Gasteiger partial charge in [-0.15, -0.1) is 10.1 Å². The third-order valence-electron chi connectivity index (χ3n) is 3.53. The van der Waals surface area contributed by atoms with Crippen LogP contribution in [0.3, 0.4) is 0 Å². The van der Waals surface area contributed by atoms with Crippen LogP contribution in [0.1, 0.15) is 58.8 Å². The molecule has 193 valence electrons. The van der Waals surface area contributed by atoms with E-state index in [0.29, 0.717) is 11.2 Å². The Bertz CT molecular complexity index is 270. The number of halogens is 2. The van der Waals surface area contributed by atoms with Gasteiger partial charge in [0.25, 0.3) is 5.09 Å². The van der Waals surface area contributed by atoms with Crippen molar-refractivity contribution in [3.8, 4) is 0 Å². The molecule has 0 heterocycles. The van der Waals surface area contributed by atoms with Gasteiger partial charge >= 0.3 is 71.0 Å². The molecule has 11 N–H and O–H groups in total. The van der Waals surface area contributed by atoms with Gasteiger partial charge in [0, 0.05) is 22.4 Å². The van der Waals surface area contributed by atoms with Crippen LogP contribution in [0.25, 0.3) is 22.9 Å². The molecule has 2 aliphatic carbocycles. The fourth-order valence-corrected chi connectivity index (χ4v) is 2.26. The van der Waals surface area contributed by atoms with E-state index in [2.05, 4.69) is 38.7 Å². The van der Waals surface area contributed by atoms with Crippen molar-refractivity contribution in [3.63, 3.8) is 0 Å². The zero-order valence-electron chi connectivity index (χ0n) is 14.9. The molecule has 2 fully saturated rings. The standard InChI is InChI=1S/2C6H12N2.CH4.Ag.2HI.HNO3.3H2O.2Pt/c2*7-5-3-1-2-4-6(5)8;;;;;2-1(3)4;;;;;/h2*5-8H,1-4H2;1H4;;2*1H;(H,2,3,4);3*1H2;;/q2*-2;;;;;;;;;+2;+4/p-2/t2*5-,6-;;;;;;;;;;/m11........../s1. The summed E-state index contributed by atoms with van der Waals surface area (Å²) in [7, 11) is 0. The summed E-state index contributed by atoms with van der Waals surface area (Å²) < 4.78 is 0. The van der Waals surface area contributed by atoms with Gasteiger partial charge in [-0.05, 0) is 0 Å². The molecule has 2 aliphatic rings. The van der Waals surface area contributed by atoms with E-state index in [1.165, 1.54) is 25.7 Å². The third-order valence-corrected chi connectivity index (χ3v) is 3.53. The first-order valence-corrected chi connectivity index (χ1v) is 20.1. The Labute approximate surface area is 233 Å². The maximum absolute atomic E-state index is 8.36. The smallest absolute Gasteiger partial charge is 0.676 e. The van der Waals surface area contributed by atoms with E-state index in [4.69, 9.17) is 38.3 Å². The van der Waals surface area contributed by atoms with Gasteiger partial charge in [-0.2, -0.15) is 24.2 Å². The summed E-state index contributed by atoms with van der Waals surface area (Å²) >= 11 is 5.30. The van der Waals surface area contributed by atoms with E-state index >= 15 is 0 Å². The van der Waals surface area contributed by atoms with Gasteiger partial charge in [0.2, 0.25) is 0 Å². The van der Waals surface area contributed by atoms with Gasteiger partial charge in [0.15, 0.2) is 0 Å². The molecule has 4 atom stereocenters. The van der Waals surface area contributed by atoms with Gasteiger partial charge in [0.1, 0.15) is 0 Å². The third kappa shape index (κ3) is 41.3. The molecule has 0 aromatic rings. The van der Waals surface area contributed by atoms with Crippen molar-refractivity contribution in [1.29, 1.82) is 0 Å². The molecule has 0 amide bonds. The van der Waals surface area contributed by atoms with E-state index in [-0.39, 0.29) is 91.5 Å². The number of nitrogens with one attached hydrogen (secondary N) is 4. The van der Waals surface area contributed by atoms with Crippen LogP contribution in [0.5, 0.6) is 0 Å². The molecule has 2 rings (SSSR count). The molecule has 0 aromatic heterocycles. The summed E-state index contributed by atoms with van der Waals surface area (Å²) in [4.78, 5) is 8.36. The van der Waals surface area contributed by atoms with Crippen molar-refractivity contribution in [3.05, 3.63) is 33.0 Å². The van der Waals surface area contributed by atoms with Crippen LogP contribution < -0.4 is 0 Å². The summed E-state index contributed by atoms with van der Waals surface area (Å²) in [5, 5.41) is 13.6. The molecule has 0 saturated heterocycles. The van der Waals surface area contributed by atoms with Crippen molar-refractivity contribution in [2.45, 2.75) is 83.0 Å². The number of rotatable bonds is 0. The van der Waals surface area contributed by atoms with Crippen molar-refractivity contribution < 1.29 is 81.4 Å². The molecule has 11 nitrogen and oxygen atoms in total. The van der Waals surface area contributed by atoms with Crippen LogP contribution >= 0.6 is 38.7 Å². The minimum atomic E-state index is -1.50. The minimum absolute atomic E-state index is 0. The molecule has 0 aliphatic heterocycles. The average Bonchev–Trinajstić information content (AvgIpc) is 2.46. The Hall–Kier alpha value is 2.50. The molecular weight excluding hydrogens is 1070 g/mol. The van der Waals surface area contributed by atoms with Crippen LogP contribution in [0.15, 0.2) is 0 Å². The largest absolute Gasteiger partial charge is 2.00 e. The quantitative estimate of drug-likeness (QED) is 0.161. The van der Waals surface area contributed by atoms with Crippen molar-refractivity contribution >= 4 is 38.7 Å². The molecule has 0 unspecified atom stereocenters. The van der Waals surface area contributed by atoms with Gasteiger partial charge < -0.3 is 44.6 Å². The fraction of sp³-hybridized carbons (Fsp3) is 1.00. The fourth-order valence-electron chi connectivity index (χ4n) is 2.26. The first-order valence-electron chi connectivity index (χ1n) is 7.26. The van der Waals surface area contributed by atoms with E-state index in [9.17, 15) is 0 Å². The molecule has 29 heavy (non-hydrogen) atoms. The molecule has 1 radical (unpaired) electrons. The summed E-state index contributed by atoms with van der Waals surface area (Å²) in [6, 6.07) is -0.319. The van der Waals surface area contributed by atoms with Crippen LogP contribution in [0.4, 0.5) is 0 Å². The summed E-state index contributed by atoms with van der Waals surface area (Å²) in [6.45, 7) is 0. The van der Waals surface area contributed by atoms with E-state index in [0.717, 1.165) is 25.7 Å². The summed E-state index contributed by atoms with van der Waals surface area (Å²) in [5.41, 5.74) is 29.2. The predicted octanol–water partition coefficient (Wildman–Crippen LogP) is 4.38. The van der Waals surface area contributed by atoms with Gasteiger partial charge in [-0.1, -0.05) is 58.8 Å². The van der Waals surface area contributed by atoms with Crippen LogP contribution in [0, 0.1) is 10.1 Å². The van der Waals surface area contributed by atoms with E-state index in [1.807, 2.05) is 0 Å². The van der Waals surface area contributed by atoms with Crippen molar-refractivity contribution in [2.24, 2.45) is 0 Å². The van der Waals surface area contributed by atoms with Crippen LogP contribution in [-0.2, 0) is 54.6 Å². The zero-order valence-corrected chi connectivity index (χ0v) is 25.2. The topological polar surface area (TPSA) is 253 Å². The van der Waals surface area contributed by atoms with Crippen LogP contribution in [0.2, 0.25) is 0 Å². The van der Waals surface area contributed by atoms with Crippen molar-refractivity contribution in [1.82, 2.24) is 0 Å². The van der Waals surface area contributed by atoms with Crippen molar-refractivity contribution in [2.75, 3.05) is 0 Å². The summed E-state index contributed by atoms with van der Waals surface area (Å²) in [5.74, 6) is 0. The average molecular weight is 1110 g/mol.